The molecular weight excluding hydrogens is 212 g/mol. The van der Waals surface area contributed by atoms with Gasteiger partial charge in [0.2, 0.25) is 0 Å². The van der Waals surface area contributed by atoms with E-state index in [1.54, 1.807) is 27.7 Å². The van der Waals surface area contributed by atoms with Crippen molar-refractivity contribution in [2.24, 2.45) is 0 Å². The standard InChI is InChI=1S/C11H20O5/c1-6-14-9(12)7-15-8(2)10(13)16-11(3,4)5/h8H,6-7H2,1-5H3. The van der Waals surface area contributed by atoms with E-state index in [1.807, 2.05) is 0 Å². The van der Waals surface area contributed by atoms with Crippen LogP contribution in [0.5, 0.6) is 0 Å². The highest BCUT2D eigenvalue weighted by atomic mass is 16.6. The first-order valence-corrected chi connectivity index (χ1v) is 5.26. The molecule has 16 heavy (non-hydrogen) atoms. The van der Waals surface area contributed by atoms with Crippen molar-refractivity contribution >= 4 is 11.9 Å². The largest absolute Gasteiger partial charge is 0.464 e. The van der Waals surface area contributed by atoms with E-state index in [2.05, 4.69) is 4.74 Å². The molecule has 0 aromatic carbocycles. The molecule has 0 saturated carbocycles. The molecule has 0 radical (unpaired) electrons. The number of hydrogen-bond acceptors (Lipinski definition) is 5. The summed E-state index contributed by atoms with van der Waals surface area (Å²) in [5, 5.41) is 0. The first kappa shape index (κ1) is 14.9. The van der Waals surface area contributed by atoms with Crippen LogP contribution in [-0.4, -0.2) is 36.9 Å². The third kappa shape index (κ3) is 7.23. The second kappa shape index (κ2) is 6.48. The number of rotatable bonds is 5. The van der Waals surface area contributed by atoms with E-state index in [0.717, 1.165) is 0 Å². The lowest BCUT2D eigenvalue weighted by Gasteiger charge is -2.22. The number of ether oxygens (including phenoxy) is 3. The van der Waals surface area contributed by atoms with Crippen molar-refractivity contribution in [2.75, 3.05) is 13.2 Å². The zero-order valence-corrected chi connectivity index (χ0v) is 10.5. The molecule has 5 nitrogen and oxygen atoms in total. The number of esters is 2. The van der Waals surface area contributed by atoms with Crippen LogP contribution in [0.3, 0.4) is 0 Å². The van der Waals surface area contributed by atoms with E-state index in [9.17, 15) is 9.59 Å². The summed E-state index contributed by atoms with van der Waals surface area (Å²) in [6, 6.07) is 0. The van der Waals surface area contributed by atoms with Gasteiger partial charge in [0.05, 0.1) is 6.61 Å². The van der Waals surface area contributed by atoms with Gasteiger partial charge < -0.3 is 14.2 Å². The molecule has 0 N–H and O–H groups in total. The molecule has 0 aliphatic heterocycles. The molecule has 0 fully saturated rings. The molecule has 1 atom stereocenters. The first-order chi connectivity index (χ1) is 7.26. The number of hydrogen-bond donors (Lipinski definition) is 0. The van der Waals surface area contributed by atoms with E-state index in [0.29, 0.717) is 6.61 Å². The normalized spacial score (nSPS) is 13.1. The summed E-state index contributed by atoms with van der Waals surface area (Å²) < 4.78 is 14.7. The van der Waals surface area contributed by atoms with Gasteiger partial charge in [0.1, 0.15) is 12.2 Å². The molecule has 0 heterocycles. The average molecular weight is 232 g/mol. The van der Waals surface area contributed by atoms with Gasteiger partial charge in [-0.1, -0.05) is 0 Å². The SMILES string of the molecule is CCOC(=O)COC(C)C(=O)OC(C)(C)C. The fourth-order valence-corrected chi connectivity index (χ4v) is 0.848. The summed E-state index contributed by atoms with van der Waals surface area (Å²) in [5.41, 5.74) is -0.557. The van der Waals surface area contributed by atoms with Crippen molar-refractivity contribution < 1.29 is 23.8 Å². The van der Waals surface area contributed by atoms with Gasteiger partial charge in [0.15, 0.2) is 6.10 Å². The Labute approximate surface area is 96.1 Å². The molecule has 0 spiro atoms. The molecule has 0 bridgehead atoms. The summed E-state index contributed by atoms with van der Waals surface area (Å²) >= 11 is 0. The van der Waals surface area contributed by atoms with Crippen LogP contribution in [0.15, 0.2) is 0 Å². The quantitative estimate of drug-likeness (QED) is 0.668. The minimum atomic E-state index is -0.774. The third-order valence-corrected chi connectivity index (χ3v) is 1.50. The van der Waals surface area contributed by atoms with Gasteiger partial charge in [-0.15, -0.1) is 0 Å². The summed E-state index contributed by atoms with van der Waals surface area (Å²) in [5.74, 6) is -0.977. The Balaban J connectivity index is 3.93. The lowest BCUT2D eigenvalue weighted by atomic mass is 10.2. The summed E-state index contributed by atoms with van der Waals surface area (Å²) in [4.78, 5) is 22.4. The maximum atomic E-state index is 11.4. The van der Waals surface area contributed by atoms with Gasteiger partial charge in [-0.25, -0.2) is 9.59 Å². The maximum absolute atomic E-state index is 11.4. The molecule has 94 valence electrons. The highest BCUT2D eigenvalue weighted by molar-refractivity contribution is 5.76. The fraction of sp³-hybridized carbons (Fsp3) is 0.818. The summed E-state index contributed by atoms with van der Waals surface area (Å²) in [6.45, 7) is 8.59. The smallest absolute Gasteiger partial charge is 0.335 e. The van der Waals surface area contributed by atoms with Crippen LogP contribution in [0.1, 0.15) is 34.6 Å². The van der Waals surface area contributed by atoms with Crippen molar-refractivity contribution in [1.82, 2.24) is 0 Å². The van der Waals surface area contributed by atoms with Gasteiger partial charge in [-0.2, -0.15) is 0 Å². The topological polar surface area (TPSA) is 61.8 Å². The molecule has 5 heteroatoms. The van der Waals surface area contributed by atoms with E-state index in [4.69, 9.17) is 9.47 Å². The van der Waals surface area contributed by atoms with E-state index < -0.39 is 23.6 Å². The van der Waals surface area contributed by atoms with E-state index in [-0.39, 0.29) is 6.61 Å². The zero-order chi connectivity index (χ0) is 12.8. The highest BCUT2D eigenvalue weighted by Gasteiger charge is 2.22. The van der Waals surface area contributed by atoms with Gasteiger partial charge in [-0.3, -0.25) is 0 Å². The Hall–Kier alpha value is -1.10. The van der Waals surface area contributed by atoms with Crippen LogP contribution in [0.2, 0.25) is 0 Å². The van der Waals surface area contributed by atoms with Crippen LogP contribution in [-0.2, 0) is 23.8 Å². The molecule has 0 aromatic heterocycles. The highest BCUT2D eigenvalue weighted by Crippen LogP contribution is 2.09. The second-order valence-electron chi connectivity index (χ2n) is 4.29. The zero-order valence-electron chi connectivity index (χ0n) is 10.5. The predicted molar refractivity (Wildman–Crippen MR) is 57.9 cm³/mol. The van der Waals surface area contributed by atoms with Gasteiger partial charge in [-0.05, 0) is 34.6 Å². The Morgan fingerprint density at radius 2 is 1.81 bits per heavy atom. The third-order valence-electron chi connectivity index (χ3n) is 1.50. The summed E-state index contributed by atoms with van der Waals surface area (Å²) in [6.07, 6.45) is -0.774. The van der Waals surface area contributed by atoms with Crippen molar-refractivity contribution in [1.29, 1.82) is 0 Å². The maximum Gasteiger partial charge on any atom is 0.335 e. The Bertz CT molecular complexity index is 241. The van der Waals surface area contributed by atoms with Crippen molar-refractivity contribution in [3.8, 4) is 0 Å². The lowest BCUT2D eigenvalue weighted by Crippen LogP contribution is -2.33. The van der Waals surface area contributed by atoms with Crippen LogP contribution in [0.4, 0.5) is 0 Å². The minimum Gasteiger partial charge on any atom is -0.464 e. The van der Waals surface area contributed by atoms with Crippen LogP contribution < -0.4 is 0 Å². The summed E-state index contributed by atoms with van der Waals surface area (Å²) in [7, 11) is 0. The van der Waals surface area contributed by atoms with Gasteiger partial charge in [0, 0.05) is 0 Å². The first-order valence-electron chi connectivity index (χ1n) is 5.26. The molecule has 0 aromatic rings. The Morgan fingerprint density at radius 1 is 1.25 bits per heavy atom. The Kier molecular flexibility index (Phi) is 6.03. The van der Waals surface area contributed by atoms with E-state index >= 15 is 0 Å². The van der Waals surface area contributed by atoms with Crippen molar-refractivity contribution in [3.63, 3.8) is 0 Å². The van der Waals surface area contributed by atoms with Crippen LogP contribution >= 0.6 is 0 Å². The molecule has 0 saturated heterocycles. The van der Waals surface area contributed by atoms with Gasteiger partial charge >= 0.3 is 11.9 Å². The van der Waals surface area contributed by atoms with E-state index in [1.165, 1.54) is 6.92 Å². The monoisotopic (exact) mass is 232 g/mol. The molecule has 1 unspecified atom stereocenters. The van der Waals surface area contributed by atoms with Crippen molar-refractivity contribution in [2.45, 2.75) is 46.3 Å². The van der Waals surface area contributed by atoms with Crippen molar-refractivity contribution in [3.05, 3.63) is 0 Å². The second-order valence-corrected chi connectivity index (χ2v) is 4.29. The molecule has 0 rings (SSSR count). The van der Waals surface area contributed by atoms with Crippen LogP contribution in [0, 0.1) is 0 Å². The minimum absolute atomic E-state index is 0.242. The fourth-order valence-electron chi connectivity index (χ4n) is 0.848. The Morgan fingerprint density at radius 3 is 2.25 bits per heavy atom. The molecule has 0 aliphatic carbocycles. The van der Waals surface area contributed by atoms with Gasteiger partial charge in [0.25, 0.3) is 0 Å². The van der Waals surface area contributed by atoms with Crippen LogP contribution in [0.25, 0.3) is 0 Å². The molecular formula is C11H20O5. The number of carbonyl (C=O) groups excluding carboxylic acids is 2. The average Bonchev–Trinajstić information content (AvgIpc) is 2.11. The predicted octanol–water partition coefficient (Wildman–Crippen LogP) is 1.30. The molecule has 0 aliphatic rings. The molecule has 0 amide bonds. The number of carbonyl (C=O) groups is 2. The lowest BCUT2D eigenvalue weighted by molar-refractivity contribution is -0.170.